The molecule has 0 radical (unpaired) electrons. The molecule has 35 heavy (non-hydrogen) atoms. The molecule has 1 aliphatic carbocycles. The van der Waals surface area contributed by atoms with E-state index in [1.807, 2.05) is 24.3 Å². The Hall–Kier alpha value is -4.57. The normalized spacial score (nSPS) is 14.2. The maximum Gasteiger partial charge on any atom is 0.328 e. The molecule has 0 amide bonds. The van der Waals surface area contributed by atoms with Crippen LogP contribution < -0.4 is 0 Å². The SMILES string of the molecule is N#Cc1ccc(/C(=C(\c2ccc(/C=C/C(=O)O)cc2)c2ccc3n[nH]c(F)c3c2)C2CC2)c(F)c1. The molecule has 0 bridgehead atoms. The van der Waals surface area contributed by atoms with Crippen LogP contribution in [0.4, 0.5) is 8.78 Å². The number of aromatic nitrogens is 2. The minimum Gasteiger partial charge on any atom is -0.478 e. The Morgan fingerprint density at radius 2 is 1.80 bits per heavy atom. The lowest BCUT2D eigenvalue weighted by Gasteiger charge is -2.18. The van der Waals surface area contributed by atoms with E-state index in [9.17, 15) is 14.4 Å². The molecule has 0 spiro atoms. The van der Waals surface area contributed by atoms with Gasteiger partial charge >= 0.3 is 5.97 Å². The molecule has 7 heteroatoms. The number of fused-ring (bicyclic) bond motifs is 1. The standard InChI is InChI=1S/C28H19F2N3O2/c29-23-13-17(15-31)3-10-21(23)27(19-7-8-19)26(18-5-1-16(2-6-18)4-12-25(34)35)20-9-11-24-22(14-20)28(30)33-32-24/h1-6,9-14,19H,7-8H2,(H,32,33)(H,34,35)/b12-4+,27-26+. The van der Waals surface area contributed by atoms with Gasteiger partial charge in [0, 0.05) is 11.6 Å². The van der Waals surface area contributed by atoms with E-state index in [1.54, 1.807) is 36.4 Å². The van der Waals surface area contributed by atoms with Crippen LogP contribution in [0.25, 0.3) is 28.1 Å². The predicted octanol–water partition coefficient (Wildman–Crippen LogP) is 6.18. The number of carbonyl (C=O) groups is 1. The Balaban J connectivity index is 1.75. The molecule has 3 aromatic carbocycles. The van der Waals surface area contributed by atoms with E-state index in [2.05, 4.69) is 10.2 Å². The highest BCUT2D eigenvalue weighted by Gasteiger charge is 2.32. The predicted molar refractivity (Wildman–Crippen MR) is 129 cm³/mol. The van der Waals surface area contributed by atoms with Crippen molar-refractivity contribution in [1.29, 1.82) is 5.26 Å². The van der Waals surface area contributed by atoms with Crippen LogP contribution >= 0.6 is 0 Å². The van der Waals surface area contributed by atoms with E-state index in [0.717, 1.165) is 35.6 Å². The number of hydrogen-bond donors (Lipinski definition) is 2. The maximum absolute atomic E-state index is 15.2. The lowest BCUT2D eigenvalue weighted by molar-refractivity contribution is -0.131. The summed E-state index contributed by atoms with van der Waals surface area (Å²) in [6.45, 7) is 0. The molecule has 0 atom stereocenters. The van der Waals surface area contributed by atoms with E-state index < -0.39 is 17.7 Å². The fourth-order valence-corrected chi connectivity index (χ4v) is 4.27. The van der Waals surface area contributed by atoms with Crippen LogP contribution in [0.5, 0.6) is 0 Å². The smallest absolute Gasteiger partial charge is 0.328 e. The number of rotatable bonds is 6. The molecule has 1 heterocycles. The quantitative estimate of drug-likeness (QED) is 0.262. The molecule has 0 aliphatic heterocycles. The Bertz CT molecular complexity index is 1560. The van der Waals surface area contributed by atoms with E-state index in [4.69, 9.17) is 5.11 Å². The lowest BCUT2D eigenvalue weighted by Crippen LogP contribution is -2.00. The first-order chi connectivity index (χ1) is 16.9. The Labute approximate surface area is 199 Å². The second kappa shape index (κ2) is 8.99. The number of halogens is 2. The van der Waals surface area contributed by atoms with Gasteiger partial charge in [-0.1, -0.05) is 36.4 Å². The van der Waals surface area contributed by atoms with Crippen LogP contribution in [-0.2, 0) is 4.79 Å². The summed E-state index contributed by atoms with van der Waals surface area (Å²) in [5, 5.41) is 24.7. The summed E-state index contributed by atoms with van der Waals surface area (Å²) in [4.78, 5) is 10.9. The molecule has 1 aromatic heterocycles. The number of carboxylic acids is 1. The van der Waals surface area contributed by atoms with E-state index in [-0.39, 0.29) is 11.5 Å². The Morgan fingerprint density at radius 1 is 1.06 bits per heavy atom. The summed E-state index contributed by atoms with van der Waals surface area (Å²) in [5.74, 6) is -1.96. The summed E-state index contributed by atoms with van der Waals surface area (Å²) in [6, 6.07) is 18.9. The zero-order chi connectivity index (χ0) is 24.5. The molecule has 1 saturated carbocycles. The van der Waals surface area contributed by atoms with Gasteiger partial charge < -0.3 is 5.11 Å². The van der Waals surface area contributed by atoms with E-state index in [1.165, 1.54) is 12.1 Å². The van der Waals surface area contributed by atoms with Gasteiger partial charge in [0.2, 0.25) is 5.95 Å². The third-order valence-electron chi connectivity index (χ3n) is 6.06. The summed E-state index contributed by atoms with van der Waals surface area (Å²) in [6.07, 6.45) is 4.33. The van der Waals surface area contributed by atoms with Crippen molar-refractivity contribution in [2.75, 3.05) is 0 Å². The van der Waals surface area contributed by atoms with Crippen molar-refractivity contribution >= 4 is 34.1 Å². The number of aromatic amines is 1. The van der Waals surface area contributed by atoms with Gasteiger partial charge in [0.25, 0.3) is 0 Å². The molecule has 5 rings (SSSR count). The minimum absolute atomic E-state index is 0.115. The number of nitriles is 1. The highest BCUT2D eigenvalue weighted by atomic mass is 19.1. The summed E-state index contributed by atoms with van der Waals surface area (Å²) in [7, 11) is 0. The van der Waals surface area contributed by atoms with Crippen molar-refractivity contribution in [3.63, 3.8) is 0 Å². The van der Waals surface area contributed by atoms with Gasteiger partial charge in [-0.15, -0.1) is 0 Å². The van der Waals surface area contributed by atoms with Crippen LogP contribution in [0.3, 0.4) is 0 Å². The number of nitrogens with zero attached hydrogens (tertiary/aromatic N) is 2. The third kappa shape index (κ3) is 4.46. The molecule has 0 unspecified atom stereocenters. The molecule has 4 aromatic rings. The molecular weight excluding hydrogens is 448 g/mol. The number of H-pyrrole nitrogens is 1. The molecule has 172 valence electrons. The van der Waals surface area contributed by atoms with Crippen molar-refractivity contribution in [3.8, 4) is 6.07 Å². The average molecular weight is 467 g/mol. The average Bonchev–Trinajstić information content (AvgIpc) is 3.64. The van der Waals surface area contributed by atoms with Crippen molar-refractivity contribution in [2.45, 2.75) is 12.8 Å². The zero-order valence-electron chi connectivity index (χ0n) is 18.4. The second-order valence-electron chi connectivity index (χ2n) is 8.43. The lowest BCUT2D eigenvalue weighted by atomic mass is 9.86. The van der Waals surface area contributed by atoms with Crippen LogP contribution in [0.15, 0.2) is 66.7 Å². The number of carboxylic acid groups (broad SMARTS) is 1. The van der Waals surface area contributed by atoms with Gasteiger partial charge in [0.15, 0.2) is 0 Å². The van der Waals surface area contributed by atoms with Gasteiger partial charge in [0.1, 0.15) is 5.82 Å². The van der Waals surface area contributed by atoms with Gasteiger partial charge in [-0.3, -0.25) is 5.10 Å². The van der Waals surface area contributed by atoms with Crippen molar-refractivity contribution in [1.82, 2.24) is 10.2 Å². The molecule has 5 nitrogen and oxygen atoms in total. The first-order valence-electron chi connectivity index (χ1n) is 11.0. The monoisotopic (exact) mass is 467 g/mol. The summed E-state index contributed by atoms with van der Waals surface area (Å²) in [5.41, 5.74) is 4.87. The highest BCUT2D eigenvalue weighted by Crippen LogP contribution is 2.48. The third-order valence-corrected chi connectivity index (χ3v) is 6.06. The Morgan fingerprint density at radius 3 is 2.46 bits per heavy atom. The molecular formula is C28H19F2N3O2. The second-order valence-corrected chi connectivity index (χ2v) is 8.43. The minimum atomic E-state index is -1.04. The molecule has 0 saturated heterocycles. The first kappa shape index (κ1) is 22.2. The fourth-order valence-electron chi connectivity index (χ4n) is 4.27. The van der Waals surface area contributed by atoms with Gasteiger partial charge in [0.05, 0.1) is 22.5 Å². The number of benzene rings is 3. The van der Waals surface area contributed by atoms with E-state index >= 15 is 4.39 Å². The van der Waals surface area contributed by atoms with Crippen molar-refractivity contribution < 1.29 is 18.7 Å². The largest absolute Gasteiger partial charge is 0.478 e. The first-order valence-corrected chi connectivity index (χ1v) is 11.0. The van der Waals surface area contributed by atoms with Crippen LogP contribution in [0.1, 0.15) is 40.7 Å². The van der Waals surface area contributed by atoms with Crippen LogP contribution in [0.2, 0.25) is 0 Å². The topological polar surface area (TPSA) is 89.8 Å². The van der Waals surface area contributed by atoms with Crippen molar-refractivity contribution in [3.05, 3.63) is 106 Å². The Kier molecular flexibility index (Phi) is 5.71. The molecule has 1 aliphatic rings. The van der Waals surface area contributed by atoms with Gasteiger partial charge in [-0.05, 0) is 76.9 Å². The maximum atomic E-state index is 15.2. The molecule has 2 N–H and O–H groups in total. The van der Waals surface area contributed by atoms with Gasteiger partial charge in [-0.2, -0.15) is 14.8 Å². The zero-order valence-corrected chi connectivity index (χ0v) is 18.4. The van der Waals surface area contributed by atoms with Gasteiger partial charge in [-0.25, -0.2) is 9.18 Å². The molecule has 1 fully saturated rings. The summed E-state index contributed by atoms with van der Waals surface area (Å²) < 4.78 is 29.6. The number of hydrogen-bond acceptors (Lipinski definition) is 3. The highest BCUT2D eigenvalue weighted by molar-refractivity contribution is 6.02. The number of aliphatic carboxylic acids is 1. The number of nitrogens with one attached hydrogen (secondary N) is 1. The van der Waals surface area contributed by atoms with E-state index in [0.29, 0.717) is 27.6 Å². The summed E-state index contributed by atoms with van der Waals surface area (Å²) >= 11 is 0. The van der Waals surface area contributed by atoms with Crippen LogP contribution in [-0.4, -0.2) is 21.3 Å². The van der Waals surface area contributed by atoms with Crippen LogP contribution in [0, 0.1) is 29.0 Å². The number of allylic oxidation sites excluding steroid dienone is 1. The fraction of sp³-hybridized carbons (Fsp3) is 0.107. The van der Waals surface area contributed by atoms with Crippen molar-refractivity contribution in [2.24, 2.45) is 5.92 Å².